The molecule has 0 saturated heterocycles. The number of carbonyl (C=O) groups excluding carboxylic acids is 3. The Kier molecular flexibility index (Phi) is 50.3. The topological polar surface area (TPSA) is 78.9 Å². The van der Waals surface area contributed by atoms with Crippen molar-refractivity contribution < 1.29 is 28.6 Å². The van der Waals surface area contributed by atoms with E-state index in [0.29, 0.717) is 19.3 Å². The average Bonchev–Trinajstić information content (AvgIpc) is 3.28. The molecule has 0 aromatic heterocycles. The fraction of sp³-hybridized carbons (Fsp3) is 0.842. The smallest absolute Gasteiger partial charge is 0.306 e. The zero-order valence-electron chi connectivity index (χ0n) is 42.1. The van der Waals surface area contributed by atoms with Gasteiger partial charge in [-0.2, -0.15) is 0 Å². The maximum absolute atomic E-state index is 12.8. The van der Waals surface area contributed by atoms with Crippen LogP contribution in [0.5, 0.6) is 0 Å². The lowest BCUT2D eigenvalue weighted by atomic mass is 10.0. The maximum atomic E-state index is 12.8. The molecule has 368 valence electrons. The molecule has 0 heterocycles. The first-order chi connectivity index (χ1) is 31.0. The molecule has 0 fully saturated rings. The van der Waals surface area contributed by atoms with Crippen molar-refractivity contribution in [3.8, 4) is 0 Å². The van der Waals surface area contributed by atoms with Gasteiger partial charge in [0.15, 0.2) is 6.10 Å². The first-order valence-corrected chi connectivity index (χ1v) is 27.5. The molecular weight excluding hydrogens is 781 g/mol. The Labute approximate surface area is 391 Å². The van der Waals surface area contributed by atoms with E-state index in [-0.39, 0.29) is 31.1 Å². The van der Waals surface area contributed by atoms with E-state index in [1.807, 2.05) is 0 Å². The van der Waals surface area contributed by atoms with E-state index in [0.717, 1.165) is 77.0 Å². The summed E-state index contributed by atoms with van der Waals surface area (Å²) in [5, 5.41) is 0. The molecule has 0 radical (unpaired) electrons. The second-order valence-corrected chi connectivity index (χ2v) is 18.5. The first kappa shape index (κ1) is 60.6. The van der Waals surface area contributed by atoms with Gasteiger partial charge in [-0.1, -0.05) is 237 Å². The zero-order valence-corrected chi connectivity index (χ0v) is 42.1. The molecule has 63 heavy (non-hydrogen) atoms. The highest BCUT2D eigenvalue weighted by Crippen LogP contribution is 2.16. The number of hydrogen-bond donors (Lipinski definition) is 0. The van der Waals surface area contributed by atoms with E-state index in [2.05, 4.69) is 57.2 Å². The van der Waals surface area contributed by atoms with Gasteiger partial charge in [0.25, 0.3) is 0 Å². The fourth-order valence-electron chi connectivity index (χ4n) is 8.01. The van der Waals surface area contributed by atoms with Gasteiger partial charge in [-0.15, -0.1) is 0 Å². The highest BCUT2D eigenvalue weighted by molar-refractivity contribution is 5.71. The van der Waals surface area contributed by atoms with E-state index in [1.165, 1.54) is 173 Å². The van der Waals surface area contributed by atoms with Crippen molar-refractivity contribution in [2.45, 2.75) is 297 Å². The van der Waals surface area contributed by atoms with Crippen LogP contribution < -0.4 is 0 Å². The Hall–Kier alpha value is -2.37. The van der Waals surface area contributed by atoms with Gasteiger partial charge < -0.3 is 14.2 Å². The van der Waals surface area contributed by atoms with Crippen LogP contribution in [0.15, 0.2) is 36.5 Å². The van der Waals surface area contributed by atoms with Gasteiger partial charge in [0.1, 0.15) is 13.2 Å². The molecule has 0 N–H and O–H groups in total. The molecule has 6 heteroatoms. The molecule has 1 atom stereocenters. The van der Waals surface area contributed by atoms with Crippen molar-refractivity contribution >= 4 is 17.9 Å². The minimum absolute atomic E-state index is 0.0730. The van der Waals surface area contributed by atoms with Crippen LogP contribution in [0.1, 0.15) is 290 Å². The Morgan fingerprint density at radius 1 is 0.333 bits per heavy atom. The molecule has 6 nitrogen and oxygen atoms in total. The summed E-state index contributed by atoms with van der Waals surface area (Å²) in [7, 11) is 0. The third-order valence-corrected chi connectivity index (χ3v) is 12.1. The molecule has 0 saturated carbocycles. The largest absolute Gasteiger partial charge is 0.462 e. The number of ether oxygens (including phenoxy) is 3. The molecule has 0 aliphatic carbocycles. The quantitative estimate of drug-likeness (QED) is 0.0262. The highest BCUT2D eigenvalue weighted by atomic mass is 16.6. The van der Waals surface area contributed by atoms with E-state index in [4.69, 9.17) is 14.2 Å². The molecule has 0 amide bonds. The third-order valence-electron chi connectivity index (χ3n) is 12.1. The molecule has 0 aromatic carbocycles. The number of hydrogen-bond acceptors (Lipinski definition) is 6. The minimum atomic E-state index is -0.774. The van der Waals surface area contributed by atoms with Crippen molar-refractivity contribution in [1.29, 1.82) is 0 Å². The van der Waals surface area contributed by atoms with E-state index >= 15 is 0 Å². The Bertz CT molecular complexity index is 1060. The predicted octanol–water partition coefficient (Wildman–Crippen LogP) is 18.1. The van der Waals surface area contributed by atoms with Crippen molar-refractivity contribution in [2.75, 3.05) is 13.2 Å². The van der Waals surface area contributed by atoms with Gasteiger partial charge in [-0.3, -0.25) is 14.4 Å². The van der Waals surface area contributed by atoms with Crippen LogP contribution in [0.25, 0.3) is 0 Å². The van der Waals surface area contributed by atoms with Crippen molar-refractivity contribution in [1.82, 2.24) is 0 Å². The van der Waals surface area contributed by atoms with Gasteiger partial charge >= 0.3 is 17.9 Å². The molecule has 0 aromatic rings. The summed E-state index contributed by atoms with van der Waals surface area (Å²) in [6.07, 6.45) is 61.3. The average molecular weight is 885 g/mol. The molecule has 1 unspecified atom stereocenters. The van der Waals surface area contributed by atoms with Gasteiger partial charge in [0.05, 0.1) is 0 Å². The molecule has 0 aliphatic rings. The highest BCUT2D eigenvalue weighted by Gasteiger charge is 2.19. The Morgan fingerprint density at radius 2 is 0.619 bits per heavy atom. The minimum Gasteiger partial charge on any atom is -0.462 e. The lowest BCUT2D eigenvalue weighted by molar-refractivity contribution is -0.167. The molecule has 0 aliphatic heterocycles. The SMILES string of the molecule is CC/C=C\C/C=C\CCCCCCCCCC(=O)OCC(COC(=O)CCCCCCCCCCCCCCCCCC)OC(=O)CCCCCCCCC/C=C\CCCCCC. The van der Waals surface area contributed by atoms with E-state index in [9.17, 15) is 14.4 Å². The summed E-state index contributed by atoms with van der Waals surface area (Å²) in [6, 6.07) is 0. The summed E-state index contributed by atoms with van der Waals surface area (Å²) in [5.74, 6) is -0.872. The number of allylic oxidation sites excluding steroid dienone is 6. The van der Waals surface area contributed by atoms with Crippen LogP contribution in [-0.4, -0.2) is 37.2 Å². The molecular formula is C57H104O6. The summed E-state index contributed by atoms with van der Waals surface area (Å²) in [4.78, 5) is 38.1. The molecule has 0 bridgehead atoms. The summed E-state index contributed by atoms with van der Waals surface area (Å²) >= 11 is 0. The van der Waals surface area contributed by atoms with Gasteiger partial charge in [0.2, 0.25) is 0 Å². The first-order valence-electron chi connectivity index (χ1n) is 27.5. The monoisotopic (exact) mass is 885 g/mol. The van der Waals surface area contributed by atoms with Crippen LogP contribution in [0.4, 0.5) is 0 Å². The Balaban J connectivity index is 4.35. The lowest BCUT2D eigenvalue weighted by Crippen LogP contribution is -2.30. The predicted molar refractivity (Wildman–Crippen MR) is 270 cm³/mol. The Morgan fingerprint density at radius 3 is 0.984 bits per heavy atom. The summed E-state index contributed by atoms with van der Waals surface area (Å²) in [6.45, 7) is 6.55. The molecule has 0 spiro atoms. The van der Waals surface area contributed by atoms with Crippen LogP contribution in [0.3, 0.4) is 0 Å². The van der Waals surface area contributed by atoms with Crippen LogP contribution >= 0.6 is 0 Å². The van der Waals surface area contributed by atoms with Crippen LogP contribution in [0, 0.1) is 0 Å². The number of rotatable bonds is 50. The fourth-order valence-corrected chi connectivity index (χ4v) is 8.01. The maximum Gasteiger partial charge on any atom is 0.306 e. The van der Waals surface area contributed by atoms with E-state index < -0.39 is 6.10 Å². The van der Waals surface area contributed by atoms with Gasteiger partial charge in [-0.05, 0) is 70.6 Å². The zero-order chi connectivity index (χ0) is 45.8. The second-order valence-electron chi connectivity index (χ2n) is 18.5. The van der Waals surface area contributed by atoms with Crippen molar-refractivity contribution in [3.05, 3.63) is 36.5 Å². The van der Waals surface area contributed by atoms with E-state index in [1.54, 1.807) is 0 Å². The number of carbonyl (C=O) groups is 3. The normalized spacial score (nSPS) is 12.2. The number of esters is 3. The third kappa shape index (κ3) is 50.5. The number of unbranched alkanes of at least 4 members (excludes halogenated alkanes) is 33. The van der Waals surface area contributed by atoms with Crippen molar-refractivity contribution in [3.63, 3.8) is 0 Å². The summed E-state index contributed by atoms with van der Waals surface area (Å²) < 4.78 is 16.8. The van der Waals surface area contributed by atoms with Gasteiger partial charge in [-0.25, -0.2) is 0 Å². The second kappa shape index (κ2) is 52.3. The van der Waals surface area contributed by atoms with Gasteiger partial charge in [0, 0.05) is 19.3 Å². The standard InChI is InChI=1S/C57H104O6/c1-4-7-10-13-16-19-22-25-28-30-32-35-38-41-44-47-50-56(59)62-53-54(52-61-55(58)49-46-43-40-37-34-31-27-24-21-18-15-12-9-6-3)63-57(60)51-48-45-42-39-36-33-29-26-23-20-17-14-11-8-5-2/h9,12,18,20-21,23,54H,4-8,10-11,13-17,19,22,24-53H2,1-3H3/b12-9-,21-18-,23-20-. The van der Waals surface area contributed by atoms with Crippen LogP contribution in [-0.2, 0) is 28.6 Å². The van der Waals surface area contributed by atoms with Crippen molar-refractivity contribution in [2.24, 2.45) is 0 Å². The molecule has 0 rings (SSSR count). The lowest BCUT2D eigenvalue weighted by Gasteiger charge is -2.18. The summed E-state index contributed by atoms with van der Waals surface area (Å²) in [5.41, 5.74) is 0. The van der Waals surface area contributed by atoms with Crippen LogP contribution in [0.2, 0.25) is 0 Å².